The van der Waals surface area contributed by atoms with Crippen molar-refractivity contribution < 1.29 is 37.3 Å². The summed E-state index contributed by atoms with van der Waals surface area (Å²) in [5.41, 5.74) is 0.363. The van der Waals surface area contributed by atoms with Crippen LogP contribution < -0.4 is 14.2 Å². The van der Waals surface area contributed by atoms with Crippen molar-refractivity contribution in [1.29, 1.82) is 0 Å². The Balaban J connectivity index is 1.93. The lowest BCUT2D eigenvalue weighted by Gasteiger charge is -2.36. The molecule has 1 aliphatic heterocycles. The molecule has 48 heavy (non-hydrogen) atoms. The van der Waals surface area contributed by atoms with Crippen LogP contribution in [0.5, 0.6) is 11.5 Å². The van der Waals surface area contributed by atoms with E-state index >= 15 is 0 Å². The van der Waals surface area contributed by atoms with E-state index in [9.17, 15) is 23.1 Å². The van der Waals surface area contributed by atoms with Crippen LogP contribution in [-0.2, 0) is 19.6 Å². The summed E-state index contributed by atoms with van der Waals surface area (Å²) in [6.07, 6.45) is 2.94. The number of benzene rings is 2. The van der Waals surface area contributed by atoms with Gasteiger partial charge in [0.05, 0.1) is 42.4 Å². The van der Waals surface area contributed by atoms with Crippen LogP contribution in [0, 0.1) is 5.92 Å². The number of carbonyl (C=O) groups is 2. The first-order chi connectivity index (χ1) is 22.7. The standard InChI is InChI=1S/C35H54N4O8S/c1-25-22-39(26(2)24-40)35(42)31-21-28(36-48(43,44)30-16-14-29(45-7)15-17-30)13-18-32(31)47-27(3)11-8-9-20-46-33(25)23-38(6)34(41)12-10-19-37(4)5/h13-18,21,25-27,33,36,40H,8-12,19-20,22-24H2,1-7H3/t25-,26-,27-,33+/m0/s1. The molecule has 2 aromatic carbocycles. The predicted octanol–water partition coefficient (Wildman–Crippen LogP) is 4.09. The predicted molar refractivity (Wildman–Crippen MR) is 186 cm³/mol. The second kappa shape index (κ2) is 18.4. The van der Waals surface area contributed by atoms with E-state index in [4.69, 9.17) is 14.2 Å². The fraction of sp³-hybridized carbons (Fsp3) is 0.600. The van der Waals surface area contributed by atoms with Gasteiger partial charge >= 0.3 is 0 Å². The van der Waals surface area contributed by atoms with Gasteiger partial charge in [0.25, 0.3) is 15.9 Å². The second-order valence-electron chi connectivity index (χ2n) is 13.0. The zero-order valence-corrected chi connectivity index (χ0v) is 30.3. The van der Waals surface area contributed by atoms with Crippen molar-refractivity contribution in [1.82, 2.24) is 14.7 Å². The van der Waals surface area contributed by atoms with Crippen molar-refractivity contribution in [2.45, 2.75) is 76.0 Å². The van der Waals surface area contributed by atoms with Gasteiger partial charge in [0.1, 0.15) is 11.5 Å². The van der Waals surface area contributed by atoms with Crippen molar-refractivity contribution in [2.24, 2.45) is 5.92 Å². The summed E-state index contributed by atoms with van der Waals surface area (Å²) in [5, 5.41) is 10.2. The summed E-state index contributed by atoms with van der Waals surface area (Å²) in [5.74, 6) is 0.266. The molecule has 1 aliphatic rings. The number of likely N-dealkylation sites (N-methyl/N-ethyl adjacent to an activating group) is 1. The van der Waals surface area contributed by atoms with Crippen molar-refractivity contribution in [2.75, 3.05) is 65.8 Å². The Morgan fingerprint density at radius 2 is 1.83 bits per heavy atom. The highest BCUT2D eigenvalue weighted by Gasteiger charge is 2.31. The van der Waals surface area contributed by atoms with Gasteiger partial charge in [0.15, 0.2) is 0 Å². The third-order valence-electron chi connectivity index (χ3n) is 8.55. The molecule has 0 aromatic heterocycles. The molecule has 13 heteroatoms. The van der Waals surface area contributed by atoms with Gasteiger partial charge in [0, 0.05) is 44.8 Å². The number of fused-ring (bicyclic) bond motifs is 1. The van der Waals surface area contributed by atoms with E-state index in [2.05, 4.69) is 4.72 Å². The van der Waals surface area contributed by atoms with Gasteiger partial charge in [-0.2, -0.15) is 0 Å². The summed E-state index contributed by atoms with van der Waals surface area (Å²) in [4.78, 5) is 32.7. The molecule has 0 spiro atoms. The molecular weight excluding hydrogens is 636 g/mol. The summed E-state index contributed by atoms with van der Waals surface area (Å²) in [6.45, 7) is 7.29. The van der Waals surface area contributed by atoms with Gasteiger partial charge in [-0.3, -0.25) is 14.3 Å². The summed E-state index contributed by atoms with van der Waals surface area (Å²) < 4.78 is 46.8. The second-order valence-corrected chi connectivity index (χ2v) is 14.7. The van der Waals surface area contributed by atoms with E-state index in [1.807, 2.05) is 32.8 Å². The number of anilines is 1. The molecule has 4 atom stereocenters. The zero-order valence-electron chi connectivity index (χ0n) is 29.5. The van der Waals surface area contributed by atoms with Crippen LogP contribution in [0.4, 0.5) is 5.69 Å². The SMILES string of the molecule is COc1ccc(S(=O)(=O)Nc2ccc3c(c2)C(=O)N([C@@H](C)CO)C[C@H](C)[C@@H](CN(C)C(=O)CCCN(C)C)OCCCC[C@H](C)O3)cc1. The molecular formula is C35H54N4O8S. The first kappa shape index (κ1) is 39.1. The Hall–Kier alpha value is -3.39. The summed E-state index contributed by atoms with van der Waals surface area (Å²) in [6, 6.07) is 10.1. The van der Waals surface area contributed by atoms with Crippen LogP contribution in [0.25, 0.3) is 0 Å². The minimum Gasteiger partial charge on any atom is -0.497 e. The normalized spacial score (nSPS) is 20.3. The fourth-order valence-electron chi connectivity index (χ4n) is 5.53. The Morgan fingerprint density at radius 3 is 2.48 bits per heavy atom. The number of aliphatic hydroxyl groups excluding tert-OH is 1. The molecule has 0 fully saturated rings. The van der Waals surface area contributed by atoms with Crippen LogP contribution in [0.1, 0.15) is 63.2 Å². The molecule has 0 bridgehead atoms. The number of sulfonamides is 1. The van der Waals surface area contributed by atoms with Crippen molar-refractivity contribution in [3.63, 3.8) is 0 Å². The molecule has 0 unspecified atom stereocenters. The zero-order chi connectivity index (χ0) is 35.4. The Bertz CT molecular complexity index is 1440. The van der Waals surface area contributed by atoms with Gasteiger partial charge in [0.2, 0.25) is 5.91 Å². The number of nitrogens with zero attached hydrogens (tertiary/aromatic N) is 3. The molecule has 0 saturated carbocycles. The van der Waals surface area contributed by atoms with Crippen LogP contribution >= 0.6 is 0 Å². The Kier molecular flexibility index (Phi) is 15.0. The summed E-state index contributed by atoms with van der Waals surface area (Å²) in [7, 11) is 3.25. The van der Waals surface area contributed by atoms with Crippen LogP contribution in [-0.4, -0.2) is 119 Å². The Morgan fingerprint density at radius 1 is 1.12 bits per heavy atom. The van der Waals surface area contributed by atoms with Gasteiger partial charge in [-0.05, 0) is 103 Å². The van der Waals surface area contributed by atoms with E-state index in [1.165, 1.54) is 25.3 Å². The van der Waals surface area contributed by atoms with E-state index in [-0.39, 0.29) is 53.3 Å². The van der Waals surface area contributed by atoms with Gasteiger partial charge < -0.3 is 34.0 Å². The van der Waals surface area contributed by atoms with E-state index < -0.39 is 22.0 Å². The van der Waals surface area contributed by atoms with Crippen LogP contribution in [0.3, 0.4) is 0 Å². The van der Waals surface area contributed by atoms with Crippen molar-refractivity contribution in [3.05, 3.63) is 48.0 Å². The number of hydrogen-bond acceptors (Lipinski definition) is 9. The third-order valence-corrected chi connectivity index (χ3v) is 9.95. The van der Waals surface area contributed by atoms with Crippen LogP contribution in [0.15, 0.2) is 47.4 Å². The largest absolute Gasteiger partial charge is 0.497 e. The lowest BCUT2D eigenvalue weighted by molar-refractivity contribution is -0.132. The van der Waals surface area contributed by atoms with E-state index in [1.54, 1.807) is 48.0 Å². The maximum absolute atomic E-state index is 14.4. The smallest absolute Gasteiger partial charge is 0.261 e. The molecule has 268 valence electrons. The quantitative estimate of drug-likeness (QED) is 0.337. The molecule has 3 rings (SSSR count). The average molecular weight is 691 g/mol. The molecule has 1 heterocycles. The lowest BCUT2D eigenvalue weighted by atomic mass is 10.0. The number of ether oxygens (including phenoxy) is 3. The number of amides is 2. The number of rotatable bonds is 12. The van der Waals surface area contributed by atoms with E-state index in [0.717, 1.165) is 25.8 Å². The maximum atomic E-state index is 14.4. The molecule has 0 aliphatic carbocycles. The lowest BCUT2D eigenvalue weighted by Crippen LogP contribution is -2.48. The monoisotopic (exact) mass is 690 g/mol. The maximum Gasteiger partial charge on any atom is 0.261 e. The molecule has 2 N–H and O–H groups in total. The summed E-state index contributed by atoms with van der Waals surface area (Å²) >= 11 is 0. The highest BCUT2D eigenvalue weighted by Crippen LogP contribution is 2.30. The van der Waals surface area contributed by atoms with Crippen molar-refractivity contribution >= 4 is 27.5 Å². The van der Waals surface area contributed by atoms with Gasteiger partial charge in [-0.15, -0.1) is 0 Å². The molecule has 0 radical (unpaired) electrons. The number of nitrogens with one attached hydrogen (secondary N) is 1. The Labute approximate surface area is 286 Å². The number of aliphatic hydroxyl groups is 1. The van der Waals surface area contributed by atoms with Crippen LogP contribution in [0.2, 0.25) is 0 Å². The number of hydrogen-bond donors (Lipinski definition) is 2. The minimum atomic E-state index is -3.98. The highest BCUT2D eigenvalue weighted by molar-refractivity contribution is 7.92. The molecule has 2 amide bonds. The third kappa shape index (κ3) is 11.4. The van der Waals surface area contributed by atoms with Gasteiger partial charge in [-0.25, -0.2) is 8.42 Å². The van der Waals surface area contributed by atoms with Gasteiger partial charge in [-0.1, -0.05) is 6.92 Å². The number of carbonyl (C=O) groups excluding carboxylic acids is 2. The fourth-order valence-corrected chi connectivity index (χ4v) is 6.58. The molecule has 0 saturated heterocycles. The molecule has 12 nitrogen and oxygen atoms in total. The first-order valence-corrected chi connectivity index (χ1v) is 18.1. The van der Waals surface area contributed by atoms with E-state index in [0.29, 0.717) is 37.5 Å². The topological polar surface area (TPSA) is 138 Å². The first-order valence-electron chi connectivity index (χ1n) is 16.6. The van der Waals surface area contributed by atoms with Crippen molar-refractivity contribution in [3.8, 4) is 11.5 Å². The average Bonchev–Trinajstić information content (AvgIpc) is 3.05. The minimum absolute atomic E-state index is 0.0354. The number of methoxy groups -OCH3 is 1. The molecule has 2 aromatic rings. The highest BCUT2D eigenvalue weighted by atomic mass is 32.2.